The van der Waals surface area contributed by atoms with E-state index < -0.39 is 23.4 Å². The fourth-order valence-corrected chi connectivity index (χ4v) is 4.96. The van der Waals surface area contributed by atoms with E-state index in [2.05, 4.69) is 50.0 Å². The molecule has 6 rings (SSSR count). The minimum atomic E-state index is -0.830. The molecule has 4 aromatic rings. The Kier molecular flexibility index (Phi) is 7.50. The van der Waals surface area contributed by atoms with E-state index in [0.717, 1.165) is 42.1 Å². The first-order valence-electron chi connectivity index (χ1n) is 14.2. The lowest BCUT2D eigenvalue weighted by atomic mass is 10.0. The summed E-state index contributed by atoms with van der Waals surface area (Å²) in [6, 6.07) is 12.6. The van der Waals surface area contributed by atoms with Crippen LogP contribution in [0.15, 0.2) is 61.1 Å². The van der Waals surface area contributed by atoms with Gasteiger partial charge in [-0.3, -0.25) is 19.1 Å². The first-order chi connectivity index (χ1) is 20.8. The predicted molar refractivity (Wildman–Crippen MR) is 158 cm³/mol. The van der Waals surface area contributed by atoms with Crippen LogP contribution < -0.4 is 20.7 Å². The number of benzene rings is 2. The maximum atomic E-state index is 13.6. The second-order valence-electron chi connectivity index (χ2n) is 10.9. The Morgan fingerprint density at radius 1 is 1.09 bits per heavy atom. The molecule has 218 valence electrons. The van der Waals surface area contributed by atoms with Gasteiger partial charge in [0.2, 0.25) is 5.82 Å². The van der Waals surface area contributed by atoms with Crippen molar-refractivity contribution in [3.05, 3.63) is 83.6 Å². The summed E-state index contributed by atoms with van der Waals surface area (Å²) >= 11 is 0. The first kappa shape index (κ1) is 27.9. The molecule has 0 saturated heterocycles. The maximum Gasteiger partial charge on any atom is 0.310 e. The molecule has 11 nitrogen and oxygen atoms in total. The predicted octanol–water partition coefficient (Wildman–Crippen LogP) is 2.76. The van der Waals surface area contributed by atoms with Crippen LogP contribution in [-0.2, 0) is 21.7 Å². The van der Waals surface area contributed by atoms with Crippen LogP contribution in [0.3, 0.4) is 0 Å². The number of carbonyl (C=O) groups excluding carboxylic acids is 3. The van der Waals surface area contributed by atoms with Crippen molar-refractivity contribution in [3.63, 3.8) is 0 Å². The van der Waals surface area contributed by atoms with Crippen LogP contribution in [0.1, 0.15) is 66.0 Å². The zero-order valence-corrected chi connectivity index (χ0v) is 23.9. The number of hydrogen-bond donors (Lipinski definition) is 3. The highest BCUT2D eigenvalue weighted by Gasteiger charge is 2.46. The van der Waals surface area contributed by atoms with E-state index in [-0.39, 0.29) is 12.5 Å². The average molecular weight is 578 g/mol. The molecule has 0 bridgehead atoms. The summed E-state index contributed by atoms with van der Waals surface area (Å²) in [7, 11) is 1.63. The standard InChI is InChI=1S/C32H31N7O4/c1-20(8-11-27-33-14-5-15-34-27)36-31(42)30(41)35-18-21-6-3-4-7-25(21)29(40)37-32(12-13-32)23-16-22-19-39(24-9-10-24)38-28(22)26(17-23)43-2/h3-7,14-17,19-20,24H,9-10,12-13,18H2,1-2H3,(H,35,41)(H,36,42)(H,37,40)/t20-/m0/s1. The van der Waals surface area contributed by atoms with Gasteiger partial charge in [-0.25, -0.2) is 9.97 Å². The van der Waals surface area contributed by atoms with E-state index in [1.807, 2.05) is 10.7 Å². The Hall–Kier alpha value is -5.24. The fraction of sp³-hybridized carbons (Fsp3) is 0.312. The third kappa shape index (κ3) is 6.18. The number of ether oxygens (including phenoxy) is 1. The smallest absolute Gasteiger partial charge is 0.310 e. The molecule has 2 fully saturated rings. The highest BCUT2D eigenvalue weighted by molar-refractivity contribution is 6.35. The Labute approximate surface area is 248 Å². The lowest BCUT2D eigenvalue weighted by Gasteiger charge is -2.20. The van der Waals surface area contributed by atoms with Crippen LogP contribution in [0.4, 0.5) is 0 Å². The summed E-state index contributed by atoms with van der Waals surface area (Å²) in [5, 5.41) is 14.1. The number of nitrogens with one attached hydrogen (secondary N) is 3. The summed E-state index contributed by atoms with van der Waals surface area (Å²) in [4.78, 5) is 46.5. The minimum absolute atomic E-state index is 0.000888. The Bertz CT molecular complexity index is 1760. The highest BCUT2D eigenvalue weighted by Crippen LogP contribution is 2.48. The van der Waals surface area contributed by atoms with Gasteiger partial charge in [0.05, 0.1) is 24.7 Å². The largest absolute Gasteiger partial charge is 0.494 e. The Balaban J connectivity index is 1.10. The molecule has 2 aromatic carbocycles. The monoisotopic (exact) mass is 577 g/mol. The molecule has 0 spiro atoms. The quantitative estimate of drug-likeness (QED) is 0.216. The number of amides is 3. The van der Waals surface area contributed by atoms with Crippen molar-refractivity contribution < 1.29 is 19.1 Å². The van der Waals surface area contributed by atoms with Crippen molar-refractivity contribution >= 4 is 28.6 Å². The second kappa shape index (κ2) is 11.6. The fourth-order valence-electron chi connectivity index (χ4n) is 4.96. The van der Waals surface area contributed by atoms with Crippen molar-refractivity contribution in [2.24, 2.45) is 0 Å². The average Bonchev–Trinajstić information content (AvgIpc) is 3.97. The molecule has 2 aliphatic carbocycles. The van der Waals surface area contributed by atoms with E-state index >= 15 is 0 Å². The number of methoxy groups -OCH3 is 1. The molecule has 0 unspecified atom stereocenters. The summed E-state index contributed by atoms with van der Waals surface area (Å²) in [5.41, 5.74) is 2.28. The van der Waals surface area contributed by atoms with Gasteiger partial charge in [-0.05, 0) is 73.9 Å². The van der Waals surface area contributed by atoms with Gasteiger partial charge >= 0.3 is 11.8 Å². The molecule has 2 saturated carbocycles. The molecule has 0 aliphatic heterocycles. The number of carbonyl (C=O) groups is 3. The molecule has 2 aliphatic rings. The molecule has 2 heterocycles. The van der Waals surface area contributed by atoms with Crippen molar-refractivity contribution in [1.29, 1.82) is 0 Å². The minimum Gasteiger partial charge on any atom is -0.494 e. The van der Waals surface area contributed by atoms with Crippen LogP contribution in [-0.4, -0.2) is 50.6 Å². The number of nitrogens with zero attached hydrogens (tertiary/aromatic N) is 4. The van der Waals surface area contributed by atoms with E-state index in [1.54, 1.807) is 56.8 Å². The SMILES string of the molecule is COc1cc(C2(NC(=O)c3ccccc3CNC(=O)C(=O)N[C@@H](C)C#Cc3ncccn3)CC2)cc2cn(C3CC3)nc12. The first-order valence-corrected chi connectivity index (χ1v) is 14.2. The van der Waals surface area contributed by atoms with Crippen molar-refractivity contribution in [2.45, 2.75) is 56.8 Å². The summed E-state index contributed by atoms with van der Waals surface area (Å²) < 4.78 is 7.68. The Morgan fingerprint density at radius 3 is 2.58 bits per heavy atom. The second-order valence-corrected chi connectivity index (χ2v) is 10.9. The maximum absolute atomic E-state index is 13.6. The molecule has 11 heteroatoms. The van der Waals surface area contributed by atoms with Crippen molar-refractivity contribution in [1.82, 2.24) is 35.7 Å². The van der Waals surface area contributed by atoms with Gasteiger partial charge < -0.3 is 20.7 Å². The lowest BCUT2D eigenvalue weighted by molar-refractivity contribution is -0.139. The van der Waals surface area contributed by atoms with Gasteiger partial charge in [-0.2, -0.15) is 5.10 Å². The van der Waals surface area contributed by atoms with Gasteiger partial charge in [0.1, 0.15) is 11.3 Å². The van der Waals surface area contributed by atoms with Crippen LogP contribution in [0.2, 0.25) is 0 Å². The molecule has 3 N–H and O–H groups in total. The van der Waals surface area contributed by atoms with Crippen LogP contribution in [0.5, 0.6) is 5.75 Å². The molecule has 0 radical (unpaired) electrons. The number of rotatable bonds is 8. The van der Waals surface area contributed by atoms with E-state index in [0.29, 0.717) is 28.7 Å². The lowest BCUT2D eigenvalue weighted by Crippen LogP contribution is -2.43. The molecule has 2 aromatic heterocycles. The zero-order valence-electron chi connectivity index (χ0n) is 23.9. The van der Waals surface area contributed by atoms with Crippen molar-refractivity contribution in [2.75, 3.05) is 7.11 Å². The van der Waals surface area contributed by atoms with Crippen molar-refractivity contribution in [3.8, 4) is 17.6 Å². The highest BCUT2D eigenvalue weighted by atomic mass is 16.5. The molecular weight excluding hydrogens is 546 g/mol. The van der Waals surface area contributed by atoms with Gasteiger partial charge in [0.25, 0.3) is 5.91 Å². The third-order valence-corrected chi connectivity index (χ3v) is 7.61. The van der Waals surface area contributed by atoms with Crippen LogP contribution in [0.25, 0.3) is 10.9 Å². The summed E-state index contributed by atoms with van der Waals surface area (Å²) in [6.07, 6.45) is 9.03. The van der Waals surface area contributed by atoms with E-state index in [4.69, 9.17) is 9.84 Å². The van der Waals surface area contributed by atoms with Crippen LogP contribution in [0, 0.1) is 11.8 Å². The number of fused-ring (bicyclic) bond motifs is 1. The van der Waals surface area contributed by atoms with Gasteiger partial charge in [0.15, 0.2) is 0 Å². The van der Waals surface area contributed by atoms with Gasteiger partial charge in [0, 0.05) is 36.1 Å². The van der Waals surface area contributed by atoms with Crippen LogP contribution >= 0.6 is 0 Å². The molecular formula is C32H31N7O4. The molecule has 43 heavy (non-hydrogen) atoms. The normalized spacial score (nSPS) is 15.5. The number of aromatic nitrogens is 4. The zero-order chi connectivity index (χ0) is 30.0. The van der Waals surface area contributed by atoms with E-state index in [1.165, 1.54) is 0 Å². The Morgan fingerprint density at radius 2 is 1.86 bits per heavy atom. The van der Waals surface area contributed by atoms with E-state index in [9.17, 15) is 14.4 Å². The summed E-state index contributed by atoms with van der Waals surface area (Å²) in [5.74, 6) is 4.63. The van der Waals surface area contributed by atoms with Gasteiger partial charge in [-0.1, -0.05) is 24.1 Å². The molecule has 1 atom stereocenters. The van der Waals surface area contributed by atoms with Gasteiger partial charge in [-0.15, -0.1) is 0 Å². The molecule has 3 amide bonds. The summed E-state index contributed by atoms with van der Waals surface area (Å²) in [6.45, 7) is 1.65. The third-order valence-electron chi connectivity index (χ3n) is 7.61. The number of hydrogen-bond acceptors (Lipinski definition) is 7. The topological polar surface area (TPSA) is 140 Å².